The topological polar surface area (TPSA) is 86.1 Å². The molecule has 0 saturated heterocycles. The summed E-state index contributed by atoms with van der Waals surface area (Å²) in [6, 6.07) is 5.58. The lowest BCUT2D eigenvalue weighted by Crippen LogP contribution is -2.36. The Kier molecular flexibility index (Phi) is 5.85. The van der Waals surface area contributed by atoms with Crippen LogP contribution in [0.4, 0.5) is 0 Å². The van der Waals surface area contributed by atoms with Crippen LogP contribution in [0.2, 0.25) is 0 Å². The van der Waals surface area contributed by atoms with Gasteiger partial charge in [0.25, 0.3) is 5.91 Å². The number of hydrogen-bond acceptors (Lipinski definition) is 6. The van der Waals surface area contributed by atoms with Crippen LogP contribution in [0.5, 0.6) is 0 Å². The molecule has 27 heavy (non-hydrogen) atoms. The van der Waals surface area contributed by atoms with E-state index in [-0.39, 0.29) is 5.91 Å². The number of carbonyl (C=O) groups is 2. The maximum absolute atomic E-state index is 12.8. The van der Waals surface area contributed by atoms with Crippen LogP contribution in [0.25, 0.3) is 21.6 Å². The Labute approximate surface area is 161 Å². The number of aryl methyl sites for hydroxylation is 1. The monoisotopic (exact) mass is 386 g/mol. The minimum Gasteiger partial charge on any atom is -0.449 e. The van der Waals surface area contributed by atoms with Gasteiger partial charge >= 0.3 is 5.97 Å². The number of ether oxygens (including phenoxy) is 1. The van der Waals surface area contributed by atoms with E-state index >= 15 is 0 Å². The first-order chi connectivity index (χ1) is 13.0. The van der Waals surface area contributed by atoms with Crippen LogP contribution in [-0.4, -0.2) is 39.3 Å². The summed E-state index contributed by atoms with van der Waals surface area (Å²) in [7, 11) is 0. The number of fused-ring (bicyclic) bond motifs is 1. The fourth-order valence-corrected chi connectivity index (χ4v) is 3.35. The molecule has 0 bridgehead atoms. The number of rotatable bonds is 7. The van der Waals surface area contributed by atoms with Gasteiger partial charge in [0.05, 0.1) is 27.7 Å². The number of thiophene rings is 1. The summed E-state index contributed by atoms with van der Waals surface area (Å²) in [4.78, 5) is 30.4. The minimum atomic E-state index is -0.876. The number of aromatic nitrogens is 3. The number of nitrogens with zero attached hydrogens (tertiary/aromatic N) is 3. The molecule has 0 aliphatic carbocycles. The second-order valence-corrected chi connectivity index (χ2v) is 7.02. The van der Waals surface area contributed by atoms with E-state index in [1.807, 2.05) is 31.4 Å². The van der Waals surface area contributed by atoms with E-state index in [2.05, 4.69) is 15.4 Å². The first kappa shape index (κ1) is 19.0. The van der Waals surface area contributed by atoms with Crippen molar-refractivity contribution >= 4 is 34.2 Å². The average Bonchev–Trinajstić information content (AvgIpc) is 3.34. The highest BCUT2D eigenvalue weighted by atomic mass is 32.1. The summed E-state index contributed by atoms with van der Waals surface area (Å²) in [5.41, 5.74) is 1.67. The van der Waals surface area contributed by atoms with Gasteiger partial charge in [-0.2, -0.15) is 5.10 Å². The molecule has 3 heterocycles. The molecule has 0 saturated carbocycles. The van der Waals surface area contributed by atoms with Crippen molar-refractivity contribution in [1.82, 2.24) is 20.1 Å². The summed E-state index contributed by atoms with van der Waals surface area (Å²) in [6.45, 7) is 6.67. The Balaban J connectivity index is 1.96. The van der Waals surface area contributed by atoms with Crippen LogP contribution in [0.3, 0.4) is 0 Å². The molecular formula is C19H22N4O3S. The van der Waals surface area contributed by atoms with E-state index in [0.29, 0.717) is 35.4 Å². The van der Waals surface area contributed by atoms with Crippen LogP contribution < -0.4 is 5.32 Å². The summed E-state index contributed by atoms with van der Waals surface area (Å²) in [6.07, 6.45) is 1.55. The molecule has 1 N–H and O–H groups in total. The second kappa shape index (κ2) is 8.30. The van der Waals surface area contributed by atoms with Gasteiger partial charge in [-0.25, -0.2) is 14.5 Å². The van der Waals surface area contributed by atoms with Gasteiger partial charge in [-0.3, -0.25) is 4.79 Å². The van der Waals surface area contributed by atoms with Crippen LogP contribution in [0.1, 0.15) is 37.6 Å². The molecule has 0 spiro atoms. The molecule has 0 radical (unpaired) electrons. The van der Waals surface area contributed by atoms with Gasteiger partial charge in [-0.15, -0.1) is 11.3 Å². The SMILES string of the molecule is CCCNC(=O)C(C)OC(=O)c1cc(-c2cccs2)nc2c1cnn2CC. The summed E-state index contributed by atoms with van der Waals surface area (Å²) >= 11 is 1.54. The van der Waals surface area contributed by atoms with E-state index in [9.17, 15) is 9.59 Å². The Morgan fingerprint density at radius 1 is 1.37 bits per heavy atom. The van der Waals surface area contributed by atoms with Crippen molar-refractivity contribution in [3.05, 3.63) is 35.3 Å². The number of pyridine rings is 1. The highest BCUT2D eigenvalue weighted by molar-refractivity contribution is 7.13. The van der Waals surface area contributed by atoms with E-state index in [1.165, 1.54) is 0 Å². The molecule has 7 nitrogen and oxygen atoms in total. The molecule has 3 aromatic rings. The van der Waals surface area contributed by atoms with Gasteiger partial charge in [0.15, 0.2) is 11.8 Å². The number of carbonyl (C=O) groups excluding carboxylic acids is 2. The van der Waals surface area contributed by atoms with Crippen LogP contribution in [-0.2, 0) is 16.1 Å². The van der Waals surface area contributed by atoms with Gasteiger partial charge in [-0.1, -0.05) is 13.0 Å². The van der Waals surface area contributed by atoms with Crippen molar-refractivity contribution in [2.24, 2.45) is 0 Å². The molecule has 3 rings (SSSR count). The molecule has 0 aliphatic rings. The van der Waals surface area contributed by atoms with Crippen LogP contribution >= 0.6 is 11.3 Å². The minimum absolute atomic E-state index is 0.307. The third-order valence-electron chi connectivity index (χ3n) is 4.10. The Morgan fingerprint density at radius 3 is 2.85 bits per heavy atom. The average molecular weight is 386 g/mol. The smallest absolute Gasteiger partial charge is 0.339 e. The molecule has 1 unspecified atom stereocenters. The molecule has 0 aliphatic heterocycles. The van der Waals surface area contributed by atoms with Crippen molar-refractivity contribution in [2.75, 3.05) is 6.54 Å². The second-order valence-electron chi connectivity index (χ2n) is 6.07. The van der Waals surface area contributed by atoms with E-state index in [0.717, 1.165) is 11.3 Å². The molecule has 1 atom stereocenters. The first-order valence-corrected chi connectivity index (χ1v) is 9.82. The molecule has 0 aromatic carbocycles. The number of amides is 1. The van der Waals surface area contributed by atoms with Gasteiger partial charge in [0, 0.05) is 13.1 Å². The predicted molar refractivity (Wildman–Crippen MR) is 105 cm³/mol. The van der Waals surface area contributed by atoms with Crippen molar-refractivity contribution < 1.29 is 14.3 Å². The lowest BCUT2D eigenvalue weighted by Gasteiger charge is -2.14. The summed E-state index contributed by atoms with van der Waals surface area (Å²) in [5.74, 6) is -0.867. The highest BCUT2D eigenvalue weighted by Gasteiger charge is 2.23. The van der Waals surface area contributed by atoms with Crippen molar-refractivity contribution in [2.45, 2.75) is 39.8 Å². The fraction of sp³-hybridized carbons (Fsp3) is 0.368. The van der Waals surface area contributed by atoms with Crippen LogP contribution in [0.15, 0.2) is 29.8 Å². The fourth-order valence-electron chi connectivity index (χ4n) is 2.67. The standard InChI is InChI=1S/C19H22N4O3S/c1-4-8-20-18(24)12(3)26-19(25)13-10-15(16-7-6-9-27-16)22-17-14(13)11-21-23(17)5-2/h6-7,9-12H,4-5,8H2,1-3H3,(H,20,24). The number of hydrogen-bond donors (Lipinski definition) is 1. The molecule has 8 heteroatoms. The summed E-state index contributed by atoms with van der Waals surface area (Å²) < 4.78 is 7.14. The Bertz CT molecular complexity index is 949. The van der Waals surface area contributed by atoms with Gasteiger partial charge in [0.2, 0.25) is 0 Å². The Hall–Kier alpha value is -2.74. The highest BCUT2D eigenvalue weighted by Crippen LogP contribution is 2.28. The zero-order chi connectivity index (χ0) is 19.4. The maximum Gasteiger partial charge on any atom is 0.339 e. The Morgan fingerprint density at radius 2 is 2.19 bits per heavy atom. The van der Waals surface area contributed by atoms with Crippen molar-refractivity contribution in [3.8, 4) is 10.6 Å². The molecular weight excluding hydrogens is 364 g/mol. The normalized spacial score (nSPS) is 12.1. The maximum atomic E-state index is 12.8. The lowest BCUT2D eigenvalue weighted by molar-refractivity contribution is -0.129. The number of esters is 1. The third-order valence-corrected chi connectivity index (χ3v) is 5.00. The molecule has 142 valence electrons. The predicted octanol–water partition coefficient (Wildman–Crippen LogP) is 3.25. The quantitative estimate of drug-likeness (QED) is 0.630. The van der Waals surface area contributed by atoms with Gasteiger partial charge < -0.3 is 10.1 Å². The van der Waals surface area contributed by atoms with Crippen molar-refractivity contribution in [1.29, 1.82) is 0 Å². The first-order valence-electron chi connectivity index (χ1n) is 8.94. The largest absolute Gasteiger partial charge is 0.449 e. The van der Waals surface area contributed by atoms with Crippen molar-refractivity contribution in [3.63, 3.8) is 0 Å². The summed E-state index contributed by atoms with van der Waals surface area (Å²) in [5, 5.41) is 9.60. The molecule has 3 aromatic heterocycles. The van der Waals surface area contributed by atoms with E-state index in [4.69, 9.17) is 4.74 Å². The van der Waals surface area contributed by atoms with Gasteiger partial charge in [0.1, 0.15) is 0 Å². The molecule has 0 fully saturated rings. The van der Waals surface area contributed by atoms with Crippen LogP contribution in [0, 0.1) is 0 Å². The zero-order valence-electron chi connectivity index (χ0n) is 15.6. The van der Waals surface area contributed by atoms with E-state index in [1.54, 1.807) is 35.2 Å². The molecule has 1 amide bonds. The lowest BCUT2D eigenvalue weighted by atomic mass is 10.1. The third kappa shape index (κ3) is 4.00. The van der Waals surface area contributed by atoms with E-state index < -0.39 is 12.1 Å². The zero-order valence-corrected chi connectivity index (χ0v) is 16.4. The van der Waals surface area contributed by atoms with Gasteiger partial charge in [-0.05, 0) is 37.8 Å². The number of nitrogens with one attached hydrogen (secondary N) is 1.